The predicted molar refractivity (Wildman–Crippen MR) is 60.9 cm³/mol. The lowest BCUT2D eigenvalue weighted by Crippen LogP contribution is -2.26. The smallest absolute Gasteiger partial charge is 0.256 e. The van der Waals surface area contributed by atoms with Gasteiger partial charge in [-0.25, -0.2) is 4.98 Å². The molecule has 1 atom stereocenters. The first-order valence-electron chi connectivity index (χ1n) is 6.13. The summed E-state index contributed by atoms with van der Waals surface area (Å²) >= 11 is 0. The lowest BCUT2D eigenvalue weighted by molar-refractivity contribution is 0.105. The third-order valence-electron chi connectivity index (χ3n) is 3.32. The van der Waals surface area contributed by atoms with E-state index in [0.717, 1.165) is 37.4 Å². The van der Waals surface area contributed by atoms with Gasteiger partial charge in [-0.3, -0.25) is 4.79 Å². The Balaban J connectivity index is 1.85. The molecule has 92 valence electrons. The van der Waals surface area contributed by atoms with Crippen molar-refractivity contribution in [2.75, 3.05) is 13.2 Å². The predicted octanol–water partition coefficient (Wildman–Crippen LogP) is 0.564. The Hall–Kier alpha value is -1.20. The molecule has 0 saturated carbocycles. The number of hydrogen-bond acceptors (Lipinski definition) is 4. The maximum atomic E-state index is 11.8. The molecule has 2 aliphatic rings. The van der Waals surface area contributed by atoms with E-state index in [0.29, 0.717) is 25.2 Å². The number of nitrogens with zero attached hydrogens (tertiary/aromatic N) is 1. The summed E-state index contributed by atoms with van der Waals surface area (Å²) in [5.74, 6) is 0.752. The van der Waals surface area contributed by atoms with Gasteiger partial charge in [0.25, 0.3) is 5.56 Å². The van der Waals surface area contributed by atoms with Gasteiger partial charge >= 0.3 is 0 Å². The van der Waals surface area contributed by atoms with Gasteiger partial charge in [0.1, 0.15) is 5.82 Å². The fourth-order valence-electron chi connectivity index (χ4n) is 2.41. The average molecular weight is 236 g/mol. The summed E-state index contributed by atoms with van der Waals surface area (Å²) in [5, 5.41) is 0. The van der Waals surface area contributed by atoms with Crippen molar-refractivity contribution in [3.05, 3.63) is 27.4 Å². The summed E-state index contributed by atoms with van der Waals surface area (Å²) in [6.07, 6.45) is 3.83. The highest BCUT2D eigenvalue weighted by molar-refractivity contribution is 5.19. The van der Waals surface area contributed by atoms with Crippen LogP contribution >= 0.6 is 0 Å². The van der Waals surface area contributed by atoms with E-state index in [1.54, 1.807) is 0 Å². The molecule has 2 aliphatic heterocycles. The number of aromatic nitrogens is 2. The summed E-state index contributed by atoms with van der Waals surface area (Å²) in [4.78, 5) is 19.2. The molecule has 3 rings (SSSR count). The van der Waals surface area contributed by atoms with Crippen molar-refractivity contribution < 1.29 is 9.47 Å². The zero-order valence-corrected chi connectivity index (χ0v) is 9.70. The molecule has 3 heterocycles. The first-order valence-corrected chi connectivity index (χ1v) is 6.13. The van der Waals surface area contributed by atoms with Crippen molar-refractivity contribution in [3.8, 4) is 0 Å². The molecule has 0 radical (unpaired) electrons. The number of ether oxygens (including phenoxy) is 2. The van der Waals surface area contributed by atoms with E-state index in [1.165, 1.54) is 0 Å². The van der Waals surface area contributed by atoms with Crippen molar-refractivity contribution >= 4 is 0 Å². The molecule has 17 heavy (non-hydrogen) atoms. The van der Waals surface area contributed by atoms with Crippen LogP contribution in [0.15, 0.2) is 4.79 Å². The molecule has 1 N–H and O–H groups in total. The molecule has 0 aliphatic carbocycles. The number of aromatic amines is 1. The summed E-state index contributed by atoms with van der Waals surface area (Å²) in [7, 11) is 0. The third-order valence-corrected chi connectivity index (χ3v) is 3.32. The minimum atomic E-state index is -0.0531. The zero-order chi connectivity index (χ0) is 11.7. The molecule has 0 bridgehead atoms. The number of fused-ring (bicyclic) bond motifs is 1. The molecule has 1 aromatic heterocycles. The quantitative estimate of drug-likeness (QED) is 0.815. The van der Waals surface area contributed by atoms with Crippen LogP contribution in [0, 0.1) is 0 Å². The van der Waals surface area contributed by atoms with Crippen LogP contribution in [0.4, 0.5) is 0 Å². The Morgan fingerprint density at radius 2 is 2.35 bits per heavy atom. The fourth-order valence-corrected chi connectivity index (χ4v) is 2.41. The van der Waals surface area contributed by atoms with Gasteiger partial charge in [0.15, 0.2) is 0 Å². The van der Waals surface area contributed by atoms with Crippen LogP contribution in [0.2, 0.25) is 0 Å². The summed E-state index contributed by atoms with van der Waals surface area (Å²) in [6, 6.07) is 0. The van der Waals surface area contributed by atoms with Gasteiger partial charge in [0, 0.05) is 19.4 Å². The SMILES string of the molecule is O=c1[nH]c(CC2CCCO2)nc2c1COCC2. The maximum Gasteiger partial charge on any atom is 0.256 e. The van der Waals surface area contributed by atoms with E-state index in [2.05, 4.69) is 9.97 Å². The minimum absolute atomic E-state index is 0.0531. The molecule has 1 saturated heterocycles. The van der Waals surface area contributed by atoms with Crippen LogP contribution in [0.25, 0.3) is 0 Å². The molecule has 1 aromatic rings. The Kier molecular flexibility index (Phi) is 2.94. The first-order chi connectivity index (χ1) is 8.33. The Labute approximate surface area is 99.2 Å². The van der Waals surface area contributed by atoms with Gasteiger partial charge in [0.2, 0.25) is 0 Å². The van der Waals surface area contributed by atoms with Gasteiger partial charge < -0.3 is 14.5 Å². The molecular formula is C12H16N2O3. The van der Waals surface area contributed by atoms with Crippen LogP contribution < -0.4 is 5.56 Å². The molecule has 5 heteroatoms. The van der Waals surface area contributed by atoms with Crippen LogP contribution in [0.1, 0.15) is 29.9 Å². The molecule has 0 amide bonds. The first kappa shape index (κ1) is 10.9. The van der Waals surface area contributed by atoms with Gasteiger partial charge in [-0.2, -0.15) is 0 Å². The zero-order valence-electron chi connectivity index (χ0n) is 9.70. The number of hydrogen-bond donors (Lipinski definition) is 1. The Morgan fingerprint density at radius 1 is 1.41 bits per heavy atom. The number of nitrogens with one attached hydrogen (secondary N) is 1. The largest absolute Gasteiger partial charge is 0.378 e. The third kappa shape index (κ3) is 2.25. The van der Waals surface area contributed by atoms with Gasteiger partial charge in [-0.05, 0) is 12.8 Å². The van der Waals surface area contributed by atoms with Crippen molar-refractivity contribution in [3.63, 3.8) is 0 Å². The monoisotopic (exact) mass is 236 g/mol. The Morgan fingerprint density at radius 3 is 3.18 bits per heavy atom. The molecular weight excluding hydrogens is 220 g/mol. The molecule has 5 nitrogen and oxygen atoms in total. The van der Waals surface area contributed by atoms with E-state index in [4.69, 9.17) is 9.47 Å². The van der Waals surface area contributed by atoms with Crippen molar-refractivity contribution in [1.29, 1.82) is 0 Å². The molecule has 0 spiro atoms. The van der Waals surface area contributed by atoms with Crippen molar-refractivity contribution in [2.24, 2.45) is 0 Å². The Bertz CT molecular complexity index is 463. The van der Waals surface area contributed by atoms with Gasteiger partial charge in [-0.1, -0.05) is 0 Å². The second-order valence-electron chi connectivity index (χ2n) is 4.58. The van der Waals surface area contributed by atoms with Crippen LogP contribution in [-0.4, -0.2) is 29.3 Å². The minimum Gasteiger partial charge on any atom is -0.378 e. The normalized spacial score (nSPS) is 23.6. The maximum absolute atomic E-state index is 11.8. The second kappa shape index (κ2) is 4.58. The van der Waals surface area contributed by atoms with E-state index in [-0.39, 0.29) is 11.7 Å². The lowest BCUT2D eigenvalue weighted by atomic mass is 10.1. The summed E-state index contributed by atoms with van der Waals surface area (Å²) in [5.41, 5.74) is 1.53. The number of rotatable bonds is 2. The van der Waals surface area contributed by atoms with Crippen LogP contribution in [-0.2, 0) is 28.9 Å². The van der Waals surface area contributed by atoms with E-state index in [9.17, 15) is 4.79 Å². The van der Waals surface area contributed by atoms with Crippen molar-refractivity contribution in [2.45, 2.75) is 38.4 Å². The fraction of sp³-hybridized carbons (Fsp3) is 0.667. The molecule has 1 unspecified atom stereocenters. The summed E-state index contributed by atoms with van der Waals surface area (Å²) in [6.45, 7) is 1.87. The molecule has 1 fully saturated rings. The van der Waals surface area contributed by atoms with Gasteiger partial charge in [-0.15, -0.1) is 0 Å². The molecule has 0 aromatic carbocycles. The van der Waals surface area contributed by atoms with E-state index < -0.39 is 0 Å². The van der Waals surface area contributed by atoms with Crippen molar-refractivity contribution in [1.82, 2.24) is 9.97 Å². The van der Waals surface area contributed by atoms with Crippen LogP contribution in [0.5, 0.6) is 0 Å². The highest BCUT2D eigenvalue weighted by atomic mass is 16.5. The van der Waals surface area contributed by atoms with E-state index >= 15 is 0 Å². The van der Waals surface area contributed by atoms with Gasteiger partial charge in [0.05, 0.1) is 30.6 Å². The van der Waals surface area contributed by atoms with Crippen LogP contribution in [0.3, 0.4) is 0 Å². The summed E-state index contributed by atoms with van der Waals surface area (Å²) < 4.78 is 10.8. The topological polar surface area (TPSA) is 64.2 Å². The average Bonchev–Trinajstić information content (AvgIpc) is 2.82. The second-order valence-corrected chi connectivity index (χ2v) is 4.58. The standard InChI is InChI=1S/C12H16N2O3/c15-12-9-7-16-5-3-10(9)13-11(14-12)6-8-2-1-4-17-8/h8H,1-7H2,(H,13,14,15). The highest BCUT2D eigenvalue weighted by Gasteiger charge is 2.20. The number of H-pyrrole nitrogens is 1. The lowest BCUT2D eigenvalue weighted by Gasteiger charge is -2.16. The highest BCUT2D eigenvalue weighted by Crippen LogP contribution is 2.16. The van der Waals surface area contributed by atoms with E-state index in [1.807, 2.05) is 0 Å².